The van der Waals surface area contributed by atoms with Crippen LogP contribution in [0.25, 0.3) is 0 Å². The van der Waals surface area contributed by atoms with Crippen LogP contribution in [0.4, 0.5) is 11.4 Å². The molecule has 0 saturated heterocycles. The van der Waals surface area contributed by atoms with Gasteiger partial charge in [0.2, 0.25) is 0 Å². The highest BCUT2D eigenvalue weighted by atomic mass is 15.0. The van der Waals surface area contributed by atoms with Crippen molar-refractivity contribution >= 4 is 11.4 Å². The van der Waals surface area contributed by atoms with E-state index in [0.29, 0.717) is 6.54 Å². The lowest BCUT2D eigenvalue weighted by molar-refractivity contribution is 0.444. The van der Waals surface area contributed by atoms with E-state index in [1.807, 2.05) is 24.3 Å². The Bertz CT molecular complexity index is 951. The van der Waals surface area contributed by atoms with Crippen LogP contribution in [-0.2, 0) is 5.54 Å². The van der Waals surface area contributed by atoms with Gasteiger partial charge < -0.3 is 16.4 Å². The van der Waals surface area contributed by atoms with Crippen LogP contribution in [0, 0.1) is 34.6 Å². The molecule has 3 heteroatoms. The summed E-state index contributed by atoms with van der Waals surface area (Å²) in [6.07, 6.45) is 0.821. The van der Waals surface area contributed by atoms with Crippen LogP contribution in [0.5, 0.6) is 0 Å². The van der Waals surface area contributed by atoms with E-state index in [1.54, 1.807) is 0 Å². The van der Waals surface area contributed by atoms with Gasteiger partial charge in [0.05, 0.1) is 5.54 Å². The Kier molecular flexibility index (Phi) is 6.84. The standard InChI is InChI=1S/C27H35N3/c1-19-20(2)22(4)26(23(5)21(19)3)29-17-16-27(28,24-12-8-6-9-13-24)18-30-25-14-10-7-11-15-25/h6-15,29-30H,16-18,28H2,1-5H3. The Morgan fingerprint density at radius 1 is 0.667 bits per heavy atom. The molecule has 0 aromatic heterocycles. The topological polar surface area (TPSA) is 50.1 Å². The highest BCUT2D eigenvalue weighted by molar-refractivity contribution is 5.64. The summed E-state index contributed by atoms with van der Waals surface area (Å²) >= 11 is 0. The van der Waals surface area contributed by atoms with Crippen molar-refractivity contribution < 1.29 is 0 Å². The van der Waals surface area contributed by atoms with E-state index in [1.165, 1.54) is 33.5 Å². The van der Waals surface area contributed by atoms with Gasteiger partial charge in [-0.1, -0.05) is 48.5 Å². The zero-order chi connectivity index (χ0) is 21.7. The van der Waals surface area contributed by atoms with E-state index in [0.717, 1.165) is 24.2 Å². The molecule has 0 fully saturated rings. The van der Waals surface area contributed by atoms with Gasteiger partial charge in [-0.3, -0.25) is 0 Å². The molecule has 0 radical (unpaired) electrons. The molecule has 0 amide bonds. The number of hydrogen-bond acceptors (Lipinski definition) is 3. The molecule has 0 aliphatic rings. The average Bonchev–Trinajstić information content (AvgIpc) is 2.78. The summed E-state index contributed by atoms with van der Waals surface area (Å²) in [7, 11) is 0. The Hall–Kier alpha value is -2.78. The molecule has 3 nitrogen and oxygen atoms in total. The van der Waals surface area contributed by atoms with Gasteiger partial charge >= 0.3 is 0 Å². The number of anilines is 2. The fraction of sp³-hybridized carbons (Fsp3) is 0.333. The number of hydrogen-bond donors (Lipinski definition) is 3. The van der Waals surface area contributed by atoms with Gasteiger partial charge in [-0.2, -0.15) is 0 Å². The van der Waals surface area contributed by atoms with Crippen LogP contribution in [0.1, 0.15) is 39.8 Å². The number of para-hydroxylation sites is 1. The first-order valence-electron chi connectivity index (χ1n) is 10.8. The van der Waals surface area contributed by atoms with E-state index in [2.05, 4.69) is 81.7 Å². The largest absolute Gasteiger partial charge is 0.385 e. The normalized spacial score (nSPS) is 13.0. The molecule has 30 heavy (non-hydrogen) atoms. The van der Waals surface area contributed by atoms with Crippen LogP contribution in [0.2, 0.25) is 0 Å². The second kappa shape index (κ2) is 9.36. The van der Waals surface area contributed by atoms with Crippen LogP contribution in [0.3, 0.4) is 0 Å². The Labute approximate surface area is 181 Å². The van der Waals surface area contributed by atoms with Crippen molar-refractivity contribution in [3.63, 3.8) is 0 Å². The fourth-order valence-corrected chi connectivity index (χ4v) is 4.10. The maximum atomic E-state index is 6.99. The van der Waals surface area contributed by atoms with E-state index in [4.69, 9.17) is 5.73 Å². The molecule has 158 valence electrons. The molecule has 0 saturated carbocycles. The van der Waals surface area contributed by atoms with Crippen molar-refractivity contribution in [3.05, 3.63) is 94.0 Å². The van der Waals surface area contributed by atoms with Gasteiger partial charge in [0.25, 0.3) is 0 Å². The maximum absolute atomic E-state index is 6.99. The Morgan fingerprint density at radius 2 is 1.17 bits per heavy atom. The predicted molar refractivity (Wildman–Crippen MR) is 130 cm³/mol. The second-order valence-electron chi connectivity index (χ2n) is 8.42. The number of rotatable bonds is 8. The summed E-state index contributed by atoms with van der Waals surface area (Å²) < 4.78 is 0. The predicted octanol–water partition coefficient (Wildman–Crippen LogP) is 6.00. The monoisotopic (exact) mass is 401 g/mol. The van der Waals surface area contributed by atoms with Crippen molar-refractivity contribution in [2.24, 2.45) is 5.73 Å². The summed E-state index contributed by atoms with van der Waals surface area (Å²) in [5.74, 6) is 0. The van der Waals surface area contributed by atoms with Crippen molar-refractivity contribution in [2.75, 3.05) is 23.7 Å². The summed E-state index contributed by atoms with van der Waals surface area (Å²) in [5.41, 5.74) is 16.8. The third-order valence-corrected chi connectivity index (χ3v) is 6.60. The molecule has 0 heterocycles. The third kappa shape index (κ3) is 4.68. The van der Waals surface area contributed by atoms with E-state index < -0.39 is 5.54 Å². The minimum Gasteiger partial charge on any atom is -0.385 e. The Balaban J connectivity index is 1.78. The van der Waals surface area contributed by atoms with Crippen LogP contribution in [0.15, 0.2) is 60.7 Å². The molecule has 0 bridgehead atoms. The first-order chi connectivity index (χ1) is 14.3. The van der Waals surface area contributed by atoms with E-state index in [9.17, 15) is 0 Å². The number of nitrogens with one attached hydrogen (secondary N) is 2. The van der Waals surface area contributed by atoms with Gasteiger partial charge in [0.1, 0.15) is 0 Å². The van der Waals surface area contributed by atoms with Crippen LogP contribution < -0.4 is 16.4 Å². The lowest BCUT2D eigenvalue weighted by atomic mass is 9.87. The molecule has 1 atom stereocenters. The molecular formula is C27H35N3. The molecule has 1 unspecified atom stereocenters. The highest BCUT2D eigenvalue weighted by Gasteiger charge is 2.27. The lowest BCUT2D eigenvalue weighted by Gasteiger charge is -2.32. The van der Waals surface area contributed by atoms with Gasteiger partial charge in [-0.25, -0.2) is 0 Å². The van der Waals surface area contributed by atoms with Gasteiger partial charge in [-0.15, -0.1) is 0 Å². The van der Waals surface area contributed by atoms with Crippen molar-refractivity contribution in [3.8, 4) is 0 Å². The van der Waals surface area contributed by atoms with E-state index >= 15 is 0 Å². The third-order valence-electron chi connectivity index (χ3n) is 6.60. The van der Waals surface area contributed by atoms with Gasteiger partial charge in [-0.05, 0) is 86.6 Å². The molecule has 0 aliphatic heterocycles. The first kappa shape index (κ1) is 21.9. The summed E-state index contributed by atoms with van der Waals surface area (Å²) in [4.78, 5) is 0. The van der Waals surface area contributed by atoms with E-state index in [-0.39, 0.29) is 0 Å². The molecule has 3 aromatic carbocycles. The number of benzene rings is 3. The molecule has 4 N–H and O–H groups in total. The lowest BCUT2D eigenvalue weighted by Crippen LogP contribution is -2.44. The number of nitrogens with two attached hydrogens (primary N) is 1. The quantitative estimate of drug-likeness (QED) is 0.434. The molecule has 3 aromatic rings. The fourth-order valence-electron chi connectivity index (χ4n) is 4.10. The minimum atomic E-state index is -0.472. The summed E-state index contributed by atoms with van der Waals surface area (Å²) in [5, 5.41) is 7.23. The summed E-state index contributed by atoms with van der Waals surface area (Å²) in [6, 6.07) is 20.7. The first-order valence-corrected chi connectivity index (χ1v) is 10.8. The smallest absolute Gasteiger partial charge is 0.0601 e. The molecule has 0 aliphatic carbocycles. The summed E-state index contributed by atoms with van der Waals surface area (Å²) in [6.45, 7) is 12.5. The minimum absolute atomic E-state index is 0.472. The highest BCUT2D eigenvalue weighted by Crippen LogP contribution is 2.31. The second-order valence-corrected chi connectivity index (χ2v) is 8.42. The van der Waals surface area contributed by atoms with Crippen LogP contribution in [-0.4, -0.2) is 13.1 Å². The molecular weight excluding hydrogens is 366 g/mol. The Morgan fingerprint density at radius 3 is 1.73 bits per heavy atom. The zero-order valence-corrected chi connectivity index (χ0v) is 19.0. The molecule has 3 rings (SSSR count). The maximum Gasteiger partial charge on any atom is 0.0601 e. The van der Waals surface area contributed by atoms with Gasteiger partial charge in [0, 0.05) is 24.5 Å². The zero-order valence-electron chi connectivity index (χ0n) is 19.0. The van der Waals surface area contributed by atoms with Crippen molar-refractivity contribution in [1.29, 1.82) is 0 Å². The SMILES string of the molecule is Cc1c(C)c(C)c(NCCC(N)(CNc2ccccc2)c2ccccc2)c(C)c1C. The van der Waals surface area contributed by atoms with Crippen LogP contribution >= 0.6 is 0 Å². The average molecular weight is 402 g/mol. The van der Waals surface area contributed by atoms with Crippen molar-refractivity contribution in [2.45, 2.75) is 46.6 Å². The van der Waals surface area contributed by atoms with Crippen molar-refractivity contribution in [1.82, 2.24) is 0 Å². The van der Waals surface area contributed by atoms with Gasteiger partial charge in [0.15, 0.2) is 0 Å². The molecule has 0 spiro atoms.